The number of hydrogen-bond donors (Lipinski definition) is 1. The normalized spacial score (nSPS) is 11.9. The van der Waals surface area contributed by atoms with E-state index < -0.39 is 0 Å². The summed E-state index contributed by atoms with van der Waals surface area (Å²) in [5.74, 6) is 1.51. The quantitative estimate of drug-likeness (QED) is 0.878. The van der Waals surface area contributed by atoms with Gasteiger partial charge in [-0.25, -0.2) is 4.98 Å². The number of likely N-dealkylation sites (N-methyl/N-ethyl adjacent to an activating group) is 1. The molecule has 2 rings (SSSR count). The maximum atomic E-state index is 5.18. The zero-order valence-corrected chi connectivity index (χ0v) is 12.1. The Balaban J connectivity index is 2.10. The number of nitrogens with zero attached hydrogens (tertiary/aromatic N) is 1. The third-order valence-electron chi connectivity index (χ3n) is 3.31. The molecule has 20 heavy (non-hydrogen) atoms. The first-order valence-corrected chi connectivity index (χ1v) is 6.57. The highest BCUT2D eigenvalue weighted by atomic mass is 16.5. The fourth-order valence-electron chi connectivity index (χ4n) is 2.11. The predicted octanol–water partition coefficient (Wildman–Crippen LogP) is 2.60. The highest BCUT2D eigenvalue weighted by molar-refractivity contribution is 5.30. The Morgan fingerprint density at radius 3 is 2.30 bits per heavy atom. The molecule has 0 bridgehead atoms. The fourth-order valence-corrected chi connectivity index (χ4v) is 2.11. The minimum absolute atomic E-state index is 0.246. The van der Waals surface area contributed by atoms with Gasteiger partial charge in [-0.3, -0.25) is 0 Å². The lowest BCUT2D eigenvalue weighted by Gasteiger charge is -2.17. The lowest BCUT2D eigenvalue weighted by Crippen LogP contribution is -2.18. The van der Waals surface area contributed by atoms with E-state index in [1.54, 1.807) is 14.2 Å². The molecule has 1 heterocycles. The molecule has 0 saturated carbocycles. The molecule has 0 saturated heterocycles. The molecule has 0 aliphatic rings. The van der Waals surface area contributed by atoms with Crippen molar-refractivity contribution in [1.82, 2.24) is 10.3 Å². The fraction of sp³-hybridized carbons (Fsp3) is 0.312. The smallest absolute Gasteiger partial charge is 0.212 e. The van der Waals surface area contributed by atoms with Crippen molar-refractivity contribution in [3.05, 3.63) is 53.7 Å². The summed E-state index contributed by atoms with van der Waals surface area (Å²) in [6, 6.07) is 12.3. The van der Waals surface area contributed by atoms with Gasteiger partial charge in [-0.15, -0.1) is 0 Å². The Morgan fingerprint density at radius 1 is 1.05 bits per heavy atom. The van der Waals surface area contributed by atoms with Crippen molar-refractivity contribution >= 4 is 0 Å². The molecule has 0 aliphatic heterocycles. The molecule has 1 N–H and O–H groups in total. The molecular weight excluding hydrogens is 252 g/mol. The molecule has 2 aromatic rings. The summed E-state index contributed by atoms with van der Waals surface area (Å²) < 4.78 is 10.3. The van der Waals surface area contributed by atoms with Crippen LogP contribution in [0.5, 0.6) is 11.6 Å². The Morgan fingerprint density at radius 2 is 1.80 bits per heavy atom. The molecular formula is C16H20N2O2. The van der Waals surface area contributed by atoms with Crippen LogP contribution in [-0.2, 0) is 6.42 Å². The monoisotopic (exact) mass is 272 g/mol. The zero-order chi connectivity index (χ0) is 14.4. The second-order valence-electron chi connectivity index (χ2n) is 4.53. The highest BCUT2D eigenvalue weighted by Gasteiger charge is 2.10. The van der Waals surface area contributed by atoms with Crippen molar-refractivity contribution in [2.24, 2.45) is 0 Å². The first-order chi connectivity index (χ1) is 9.76. The first kappa shape index (κ1) is 14.3. The van der Waals surface area contributed by atoms with Gasteiger partial charge >= 0.3 is 0 Å². The van der Waals surface area contributed by atoms with Gasteiger partial charge < -0.3 is 14.8 Å². The van der Waals surface area contributed by atoms with Gasteiger partial charge in [0.2, 0.25) is 5.88 Å². The van der Waals surface area contributed by atoms with Gasteiger partial charge in [0.25, 0.3) is 0 Å². The van der Waals surface area contributed by atoms with E-state index in [9.17, 15) is 0 Å². The van der Waals surface area contributed by atoms with Gasteiger partial charge in [0.05, 0.1) is 14.2 Å². The minimum atomic E-state index is 0.246. The number of pyridine rings is 1. The summed E-state index contributed by atoms with van der Waals surface area (Å²) in [5, 5.41) is 3.33. The van der Waals surface area contributed by atoms with E-state index in [0.717, 1.165) is 12.2 Å². The van der Waals surface area contributed by atoms with Crippen LogP contribution in [0.2, 0.25) is 0 Å². The van der Waals surface area contributed by atoms with Crippen molar-refractivity contribution < 1.29 is 9.47 Å². The number of aromatic nitrogens is 1. The van der Waals surface area contributed by atoms with E-state index in [2.05, 4.69) is 22.4 Å². The van der Waals surface area contributed by atoms with E-state index in [1.165, 1.54) is 11.1 Å². The van der Waals surface area contributed by atoms with Gasteiger partial charge in [-0.05, 0) is 36.7 Å². The molecule has 106 valence electrons. The van der Waals surface area contributed by atoms with Crippen LogP contribution >= 0.6 is 0 Å². The summed E-state index contributed by atoms with van der Waals surface area (Å²) in [5.41, 5.74) is 2.39. The minimum Gasteiger partial charge on any atom is -0.497 e. The number of benzene rings is 1. The van der Waals surface area contributed by atoms with E-state index in [4.69, 9.17) is 9.47 Å². The van der Waals surface area contributed by atoms with Gasteiger partial charge in [0, 0.05) is 18.3 Å². The number of hydrogen-bond acceptors (Lipinski definition) is 4. The maximum Gasteiger partial charge on any atom is 0.212 e. The predicted molar refractivity (Wildman–Crippen MR) is 79.3 cm³/mol. The largest absolute Gasteiger partial charge is 0.497 e. The molecule has 0 aliphatic carbocycles. The molecule has 4 heteroatoms. The molecule has 0 amide bonds. The van der Waals surface area contributed by atoms with Crippen molar-refractivity contribution in [2.75, 3.05) is 21.3 Å². The van der Waals surface area contributed by atoms with Crippen molar-refractivity contribution in [2.45, 2.75) is 12.5 Å². The van der Waals surface area contributed by atoms with E-state index >= 15 is 0 Å². The second-order valence-corrected chi connectivity index (χ2v) is 4.53. The van der Waals surface area contributed by atoms with Crippen LogP contribution in [0.15, 0.2) is 42.6 Å². The summed E-state index contributed by atoms with van der Waals surface area (Å²) in [6.45, 7) is 0. The molecule has 4 nitrogen and oxygen atoms in total. The molecule has 1 aromatic carbocycles. The van der Waals surface area contributed by atoms with Crippen molar-refractivity contribution in [1.29, 1.82) is 0 Å². The van der Waals surface area contributed by atoms with Crippen LogP contribution in [0.25, 0.3) is 0 Å². The second kappa shape index (κ2) is 6.91. The van der Waals surface area contributed by atoms with Crippen LogP contribution in [0.1, 0.15) is 17.2 Å². The molecule has 1 atom stereocenters. The van der Waals surface area contributed by atoms with Crippen LogP contribution in [0, 0.1) is 0 Å². The molecule has 0 spiro atoms. The Bertz CT molecular complexity index is 523. The van der Waals surface area contributed by atoms with Crippen LogP contribution in [0.4, 0.5) is 0 Å². The van der Waals surface area contributed by atoms with Crippen LogP contribution in [-0.4, -0.2) is 26.3 Å². The Labute approximate surface area is 119 Å². The number of rotatable bonds is 6. The third-order valence-corrected chi connectivity index (χ3v) is 3.31. The zero-order valence-electron chi connectivity index (χ0n) is 12.1. The lowest BCUT2D eigenvalue weighted by atomic mass is 10.00. The third kappa shape index (κ3) is 3.48. The van der Waals surface area contributed by atoms with Crippen LogP contribution < -0.4 is 14.8 Å². The Kier molecular flexibility index (Phi) is 4.96. The number of nitrogens with one attached hydrogen (secondary N) is 1. The highest BCUT2D eigenvalue weighted by Crippen LogP contribution is 2.21. The van der Waals surface area contributed by atoms with Crippen molar-refractivity contribution in [3.63, 3.8) is 0 Å². The van der Waals surface area contributed by atoms with Crippen molar-refractivity contribution in [3.8, 4) is 11.6 Å². The average Bonchev–Trinajstić information content (AvgIpc) is 2.53. The van der Waals surface area contributed by atoms with E-state index in [-0.39, 0.29) is 6.04 Å². The average molecular weight is 272 g/mol. The van der Waals surface area contributed by atoms with Gasteiger partial charge in [-0.2, -0.15) is 0 Å². The number of methoxy groups -OCH3 is 2. The van der Waals surface area contributed by atoms with Crippen LogP contribution in [0.3, 0.4) is 0 Å². The van der Waals surface area contributed by atoms with Gasteiger partial charge in [0.1, 0.15) is 5.75 Å². The molecule has 1 unspecified atom stereocenters. The number of ether oxygens (including phenoxy) is 2. The first-order valence-electron chi connectivity index (χ1n) is 6.57. The summed E-state index contributed by atoms with van der Waals surface area (Å²) >= 11 is 0. The standard InChI is InChI=1S/C16H20N2O2/c1-17-15(13-5-7-14(19-2)8-6-13)10-12-4-9-16(20-3)18-11-12/h4-9,11,15,17H,10H2,1-3H3. The molecule has 0 fully saturated rings. The summed E-state index contributed by atoms with van der Waals surface area (Å²) in [7, 11) is 5.26. The van der Waals surface area contributed by atoms with Gasteiger partial charge in [-0.1, -0.05) is 18.2 Å². The molecule has 0 radical (unpaired) electrons. The topological polar surface area (TPSA) is 43.4 Å². The summed E-state index contributed by atoms with van der Waals surface area (Å²) in [6.07, 6.45) is 2.73. The van der Waals surface area contributed by atoms with E-state index in [1.807, 2.05) is 37.5 Å². The SMILES string of the molecule is CNC(Cc1ccc(OC)nc1)c1ccc(OC)cc1. The lowest BCUT2D eigenvalue weighted by molar-refractivity contribution is 0.397. The summed E-state index contributed by atoms with van der Waals surface area (Å²) in [4.78, 5) is 4.24. The maximum absolute atomic E-state index is 5.18. The Hall–Kier alpha value is -2.07. The van der Waals surface area contributed by atoms with Gasteiger partial charge in [0.15, 0.2) is 0 Å². The molecule has 1 aromatic heterocycles. The van der Waals surface area contributed by atoms with E-state index in [0.29, 0.717) is 5.88 Å².